The molecule has 3 nitrogen and oxygen atoms in total. The summed E-state index contributed by atoms with van der Waals surface area (Å²) in [6, 6.07) is 6.22. The Balaban J connectivity index is 2.26. The highest BCUT2D eigenvalue weighted by atomic mass is 14.9. The maximum atomic E-state index is 8.73. The van der Waals surface area contributed by atoms with E-state index in [0.29, 0.717) is 0 Å². The first-order valence-corrected chi connectivity index (χ1v) is 4.42. The summed E-state index contributed by atoms with van der Waals surface area (Å²) in [6.07, 6.45) is 2.84. The second-order valence-electron chi connectivity index (χ2n) is 3.61. The lowest BCUT2D eigenvalue weighted by atomic mass is 10.1. The van der Waals surface area contributed by atoms with Gasteiger partial charge in [-0.15, -0.1) is 0 Å². The van der Waals surface area contributed by atoms with Crippen molar-refractivity contribution in [3.8, 4) is 6.07 Å². The van der Waals surface area contributed by atoms with Crippen molar-refractivity contribution in [3.63, 3.8) is 0 Å². The van der Waals surface area contributed by atoms with Crippen LogP contribution in [0.2, 0.25) is 0 Å². The van der Waals surface area contributed by atoms with Crippen LogP contribution in [0.1, 0.15) is 19.5 Å². The number of hydrogen-bond acceptors (Lipinski definition) is 2. The summed E-state index contributed by atoms with van der Waals surface area (Å²) in [5.74, 6) is 0. The molecule has 0 radical (unpaired) electrons. The summed E-state index contributed by atoms with van der Waals surface area (Å²) < 4.78 is 0. The monoisotopic (exact) mass is 177 g/mol. The third-order valence-electron chi connectivity index (χ3n) is 1.90. The van der Waals surface area contributed by atoms with Gasteiger partial charge in [0.05, 0.1) is 6.07 Å². The number of nitrogens with zero attached hydrogens (tertiary/aromatic N) is 1. The smallest absolute Gasteiger partial charge is 0.101 e. The van der Waals surface area contributed by atoms with Gasteiger partial charge < -0.3 is 4.98 Å². The number of aromatic amines is 1. The second kappa shape index (κ2) is 4.11. The molecule has 0 atom stereocenters. The van der Waals surface area contributed by atoms with Crippen LogP contribution in [0.15, 0.2) is 18.3 Å². The first kappa shape index (κ1) is 9.82. The van der Waals surface area contributed by atoms with Gasteiger partial charge in [-0.1, -0.05) is 0 Å². The van der Waals surface area contributed by atoms with Crippen molar-refractivity contribution in [1.82, 2.24) is 10.3 Å². The largest absolute Gasteiger partial charge is 0.365 e. The van der Waals surface area contributed by atoms with Crippen LogP contribution >= 0.6 is 0 Å². The minimum absolute atomic E-state index is 0.424. The molecule has 0 aliphatic rings. The van der Waals surface area contributed by atoms with Gasteiger partial charge in [-0.2, -0.15) is 5.26 Å². The molecule has 3 heteroatoms. The van der Waals surface area contributed by atoms with Gasteiger partial charge >= 0.3 is 0 Å². The number of hydrogen-bond donors (Lipinski definition) is 2. The third kappa shape index (κ3) is 3.30. The van der Waals surface area contributed by atoms with Gasteiger partial charge in [0, 0.05) is 18.4 Å². The Kier molecular flexibility index (Phi) is 3.10. The molecular formula is C10H15N3. The predicted octanol–water partition coefficient (Wildman–Crippen LogP) is 1.45. The first-order valence-electron chi connectivity index (χ1n) is 4.42. The Morgan fingerprint density at radius 3 is 2.92 bits per heavy atom. The normalized spacial score (nSPS) is 11.2. The fourth-order valence-electron chi connectivity index (χ4n) is 1.07. The summed E-state index contributed by atoms with van der Waals surface area (Å²) in [6.45, 7) is 4.57. The summed E-state index contributed by atoms with van der Waals surface area (Å²) >= 11 is 0. The average Bonchev–Trinajstić information content (AvgIpc) is 2.57. The van der Waals surface area contributed by atoms with Gasteiger partial charge in [-0.3, -0.25) is 5.32 Å². The van der Waals surface area contributed by atoms with E-state index in [2.05, 4.69) is 16.4 Å². The zero-order valence-electron chi connectivity index (χ0n) is 8.09. The van der Waals surface area contributed by atoms with Gasteiger partial charge in [0.25, 0.3) is 0 Å². The molecule has 1 aromatic heterocycles. The standard InChI is InChI=1S/C10H15N3/c1-10(2,8-11)13-7-5-9-4-3-6-12-9/h3-4,6,12-13H,5,7H2,1-2H3. The molecule has 0 saturated heterocycles. The highest BCUT2D eigenvalue weighted by Gasteiger charge is 2.14. The van der Waals surface area contributed by atoms with E-state index in [1.54, 1.807) is 0 Å². The Bertz CT molecular complexity index is 280. The van der Waals surface area contributed by atoms with Crippen molar-refractivity contribution in [2.75, 3.05) is 6.54 Å². The van der Waals surface area contributed by atoms with E-state index in [4.69, 9.17) is 5.26 Å². The van der Waals surface area contributed by atoms with Crippen molar-refractivity contribution in [2.45, 2.75) is 25.8 Å². The molecule has 0 bridgehead atoms. The Hall–Kier alpha value is -1.27. The van der Waals surface area contributed by atoms with E-state index in [9.17, 15) is 0 Å². The van der Waals surface area contributed by atoms with Crippen LogP contribution in [0.4, 0.5) is 0 Å². The topological polar surface area (TPSA) is 51.6 Å². The van der Waals surface area contributed by atoms with Gasteiger partial charge in [0.1, 0.15) is 5.54 Å². The van der Waals surface area contributed by atoms with Crippen LogP contribution in [0.5, 0.6) is 0 Å². The summed E-state index contributed by atoms with van der Waals surface area (Å²) in [7, 11) is 0. The number of nitriles is 1. The van der Waals surface area contributed by atoms with Gasteiger partial charge in [0.2, 0.25) is 0 Å². The van der Waals surface area contributed by atoms with E-state index in [1.807, 2.05) is 32.2 Å². The van der Waals surface area contributed by atoms with Gasteiger partial charge in [-0.05, 0) is 32.4 Å². The minimum atomic E-state index is -0.424. The third-order valence-corrected chi connectivity index (χ3v) is 1.90. The zero-order chi connectivity index (χ0) is 9.73. The highest BCUT2D eigenvalue weighted by molar-refractivity contribution is 5.05. The van der Waals surface area contributed by atoms with Crippen LogP contribution < -0.4 is 5.32 Å². The molecule has 0 fully saturated rings. The fraction of sp³-hybridized carbons (Fsp3) is 0.500. The molecule has 0 amide bonds. The maximum absolute atomic E-state index is 8.73. The van der Waals surface area contributed by atoms with Gasteiger partial charge in [-0.25, -0.2) is 0 Å². The molecule has 0 aromatic carbocycles. The quantitative estimate of drug-likeness (QED) is 0.731. The number of H-pyrrole nitrogens is 1. The Morgan fingerprint density at radius 2 is 2.38 bits per heavy atom. The average molecular weight is 177 g/mol. The van der Waals surface area contributed by atoms with E-state index in [0.717, 1.165) is 13.0 Å². The molecule has 1 rings (SSSR count). The molecule has 1 heterocycles. The summed E-state index contributed by atoms with van der Waals surface area (Å²) in [5.41, 5.74) is 0.772. The molecule has 2 N–H and O–H groups in total. The van der Waals surface area contributed by atoms with Crippen molar-refractivity contribution in [2.24, 2.45) is 0 Å². The number of rotatable bonds is 4. The number of nitrogens with one attached hydrogen (secondary N) is 2. The van der Waals surface area contributed by atoms with E-state index >= 15 is 0 Å². The molecular weight excluding hydrogens is 162 g/mol. The molecule has 70 valence electrons. The molecule has 13 heavy (non-hydrogen) atoms. The lowest BCUT2D eigenvalue weighted by molar-refractivity contribution is 0.488. The molecule has 0 unspecified atom stereocenters. The molecule has 1 aromatic rings. The lowest BCUT2D eigenvalue weighted by Crippen LogP contribution is -2.38. The fourth-order valence-corrected chi connectivity index (χ4v) is 1.07. The predicted molar refractivity (Wildman–Crippen MR) is 52.2 cm³/mol. The van der Waals surface area contributed by atoms with Gasteiger partial charge in [0.15, 0.2) is 0 Å². The second-order valence-corrected chi connectivity index (χ2v) is 3.61. The molecule has 0 saturated carbocycles. The van der Waals surface area contributed by atoms with Crippen LogP contribution in [0.25, 0.3) is 0 Å². The Labute approximate surface area is 78.8 Å². The number of aromatic nitrogens is 1. The van der Waals surface area contributed by atoms with E-state index in [1.165, 1.54) is 5.69 Å². The first-order chi connectivity index (χ1) is 6.14. The molecule has 0 aliphatic heterocycles. The lowest BCUT2D eigenvalue weighted by Gasteiger charge is -2.16. The van der Waals surface area contributed by atoms with E-state index in [-0.39, 0.29) is 0 Å². The molecule has 0 spiro atoms. The van der Waals surface area contributed by atoms with Crippen molar-refractivity contribution >= 4 is 0 Å². The van der Waals surface area contributed by atoms with Crippen molar-refractivity contribution in [1.29, 1.82) is 5.26 Å². The zero-order valence-corrected chi connectivity index (χ0v) is 8.09. The summed E-state index contributed by atoms with van der Waals surface area (Å²) in [4.78, 5) is 3.12. The molecule has 0 aliphatic carbocycles. The van der Waals surface area contributed by atoms with E-state index < -0.39 is 5.54 Å². The minimum Gasteiger partial charge on any atom is -0.365 e. The van der Waals surface area contributed by atoms with Crippen LogP contribution in [0, 0.1) is 11.3 Å². The highest BCUT2D eigenvalue weighted by Crippen LogP contribution is 2.00. The Morgan fingerprint density at radius 1 is 1.62 bits per heavy atom. The van der Waals surface area contributed by atoms with Crippen LogP contribution in [0.3, 0.4) is 0 Å². The van der Waals surface area contributed by atoms with Crippen LogP contribution in [-0.2, 0) is 6.42 Å². The van der Waals surface area contributed by atoms with Crippen molar-refractivity contribution in [3.05, 3.63) is 24.0 Å². The van der Waals surface area contributed by atoms with Crippen molar-refractivity contribution < 1.29 is 0 Å². The SMILES string of the molecule is CC(C)(C#N)NCCc1ccc[nH]1. The summed E-state index contributed by atoms with van der Waals surface area (Å²) in [5, 5.41) is 11.9. The maximum Gasteiger partial charge on any atom is 0.101 e. The van der Waals surface area contributed by atoms with Crippen LogP contribution in [-0.4, -0.2) is 17.1 Å².